The van der Waals surface area contributed by atoms with E-state index in [4.69, 9.17) is 0 Å². The Kier molecular flexibility index (Phi) is 2.24. The van der Waals surface area contributed by atoms with E-state index < -0.39 is 0 Å². The molecule has 16 heavy (non-hydrogen) atoms. The molecule has 3 heteroatoms. The van der Waals surface area contributed by atoms with Crippen molar-refractivity contribution in [2.75, 3.05) is 0 Å². The van der Waals surface area contributed by atoms with Crippen LogP contribution in [0.2, 0.25) is 0 Å². The molecule has 1 atom stereocenters. The molecule has 1 aromatic heterocycles. The van der Waals surface area contributed by atoms with Crippen LogP contribution in [0.25, 0.3) is 0 Å². The zero-order valence-corrected chi connectivity index (χ0v) is 9.43. The third-order valence-electron chi connectivity index (χ3n) is 3.40. The highest BCUT2D eigenvalue weighted by Gasteiger charge is 2.22. The van der Waals surface area contributed by atoms with E-state index in [0.717, 1.165) is 24.6 Å². The molecule has 3 rings (SSSR count). The standard InChI is InChI=1S/C13H15N3/c1-10-14-15-13-8-7-12(9-16(10)13)11-5-3-2-4-6-11/h2-6,12H,7-9H2,1H3. The van der Waals surface area contributed by atoms with Gasteiger partial charge >= 0.3 is 0 Å². The Morgan fingerprint density at radius 3 is 2.81 bits per heavy atom. The number of fused-ring (bicyclic) bond motifs is 1. The van der Waals surface area contributed by atoms with Crippen LogP contribution in [0.3, 0.4) is 0 Å². The van der Waals surface area contributed by atoms with Crippen LogP contribution < -0.4 is 0 Å². The second-order valence-corrected chi connectivity index (χ2v) is 4.42. The molecular formula is C13H15N3. The summed E-state index contributed by atoms with van der Waals surface area (Å²) in [6, 6.07) is 10.7. The van der Waals surface area contributed by atoms with Crippen molar-refractivity contribution < 1.29 is 0 Å². The van der Waals surface area contributed by atoms with Crippen molar-refractivity contribution in [3.8, 4) is 0 Å². The van der Waals surface area contributed by atoms with Crippen molar-refractivity contribution in [2.24, 2.45) is 0 Å². The van der Waals surface area contributed by atoms with Gasteiger partial charge in [-0.15, -0.1) is 10.2 Å². The molecule has 0 radical (unpaired) electrons. The normalized spacial score (nSPS) is 19.4. The van der Waals surface area contributed by atoms with Gasteiger partial charge in [0.2, 0.25) is 0 Å². The summed E-state index contributed by atoms with van der Waals surface area (Å²) in [7, 11) is 0. The van der Waals surface area contributed by atoms with E-state index in [-0.39, 0.29) is 0 Å². The van der Waals surface area contributed by atoms with Gasteiger partial charge in [-0.25, -0.2) is 0 Å². The van der Waals surface area contributed by atoms with E-state index in [1.54, 1.807) is 0 Å². The Hall–Kier alpha value is -1.64. The van der Waals surface area contributed by atoms with Gasteiger partial charge in [-0.2, -0.15) is 0 Å². The lowest BCUT2D eigenvalue weighted by atomic mass is 9.91. The summed E-state index contributed by atoms with van der Waals surface area (Å²) in [4.78, 5) is 0. The molecule has 1 aliphatic rings. The number of rotatable bonds is 1. The Labute approximate surface area is 95.1 Å². The van der Waals surface area contributed by atoms with Crippen LogP contribution in [-0.4, -0.2) is 14.8 Å². The maximum atomic E-state index is 4.20. The SMILES string of the molecule is Cc1nnc2n1CC(c1ccccc1)CC2. The lowest BCUT2D eigenvalue weighted by Crippen LogP contribution is -2.19. The van der Waals surface area contributed by atoms with Gasteiger partial charge in [0, 0.05) is 18.9 Å². The number of benzene rings is 1. The van der Waals surface area contributed by atoms with E-state index >= 15 is 0 Å². The van der Waals surface area contributed by atoms with Gasteiger partial charge < -0.3 is 4.57 Å². The first-order chi connectivity index (χ1) is 7.84. The molecule has 1 aliphatic heterocycles. The second kappa shape index (κ2) is 3.74. The molecule has 1 unspecified atom stereocenters. The van der Waals surface area contributed by atoms with Crippen LogP contribution in [0.5, 0.6) is 0 Å². The smallest absolute Gasteiger partial charge is 0.133 e. The number of aryl methyl sites for hydroxylation is 2. The molecule has 0 spiro atoms. The third-order valence-corrected chi connectivity index (χ3v) is 3.40. The molecule has 3 nitrogen and oxygen atoms in total. The molecule has 0 bridgehead atoms. The van der Waals surface area contributed by atoms with Gasteiger partial charge in [-0.3, -0.25) is 0 Å². The minimum absolute atomic E-state index is 0.614. The molecule has 0 saturated heterocycles. The summed E-state index contributed by atoms with van der Waals surface area (Å²) in [5.74, 6) is 2.80. The topological polar surface area (TPSA) is 30.7 Å². The molecule has 2 aromatic rings. The van der Waals surface area contributed by atoms with Gasteiger partial charge in [-0.05, 0) is 18.9 Å². The minimum atomic E-state index is 0.614. The molecule has 1 aromatic carbocycles. The summed E-state index contributed by atoms with van der Waals surface area (Å²) in [6.45, 7) is 3.06. The van der Waals surface area contributed by atoms with Crippen molar-refractivity contribution in [3.05, 3.63) is 47.5 Å². The Morgan fingerprint density at radius 2 is 2.00 bits per heavy atom. The number of aromatic nitrogens is 3. The molecule has 0 aliphatic carbocycles. The molecule has 0 N–H and O–H groups in total. The molecule has 0 amide bonds. The van der Waals surface area contributed by atoms with E-state index in [0.29, 0.717) is 5.92 Å². The average Bonchev–Trinajstić information content (AvgIpc) is 2.72. The van der Waals surface area contributed by atoms with E-state index in [1.807, 2.05) is 6.92 Å². The number of nitrogens with zero attached hydrogens (tertiary/aromatic N) is 3. The summed E-state index contributed by atoms with van der Waals surface area (Å²) >= 11 is 0. The van der Waals surface area contributed by atoms with Crippen LogP contribution in [0, 0.1) is 6.92 Å². The van der Waals surface area contributed by atoms with Crippen LogP contribution in [0.1, 0.15) is 29.6 Å². The van der Waals surface area contributed by atoms with Gasteiger partial charge in [0.25, 0.3) is 0 Å². The quantitative estimate of drug-likeness (QED) is 0.727. The molecule has 0 saturated carbocycles. The van der Waals surface area contributed by atoms with Gasteiger partial charge in [0.05, 0.1) is 0 Å². The Morgan fingerprint density at radius 1 is 1.19 bits per heavy atom. The van der Waals surface area contributed by atoms with E-state index in [1.165, 1.54) is 12.0 Å². The highest BCUT2D eigenvalue weighted by molar-refractivity contribution is 5.21. The van der Waals surface area contributed by atoms with Crippen molar-refractivity contribution >= 4 is 0 Å². The fraction of sp³-hybridized carbons (Fsp3) is 0.385. The highest BCUT2D eigenvalue weighted by atomic mass is 15.3. The molecule has 2 heterocycles. The monoisotopic (exact) mass is 213 g/mol. The molecule has 0 fully saturated rings. The van der Waals surface area contributed by atoms with Crippen molar-refractivity contribution in [2.45, 2.75) is 32.2 Å². The van der Waals surface area contributed by atoms with Gasteiger partial charge in [0.1, 0.15) is 11.6 Å². The first-order valence-electron chi connectivity index (χ1n) is 5.78. The average molecular weight is 213 g/mol. The van der Waals surface area contributed by atoms with Crippen molar-refractivity contribution in [1.82, 2.24) is 14.8 Å². The largest absolute Gasteiger partial charge is 0.315 e. The Bertz CT molecular complexity index is 487. The summed E-state index contributed by atoms with van der Waals surface area (Å²) in [5.41, 5.74) is 1.43. The lowest BCUT2D eigenvalue weighted by Gasteiger charge is -2.24. The van der Waals surface area contributed by atoms with Crippen molar-refractivity contribution in [3.63, 3.8) is 0 Å². The number of hydrogen-bond donors (Lipinski definition) is 0. The van der Waals surface area contributed by atoms with Crippen LogP contribution in [0.4, 0.5) is 0 Å². The van der Waals surface area contributed by atoms with E-state index in [9.17, 15) is 0 Å². The van der Waals surface area contributed by atoms with Crippen LogP contribution in [-0.2, 0) is 13.0 Å². The fourth-order valence-electron chi connectivity index (χ4n) is 2.46. The fourth-order valence-corrected chi connectivity index (χ4v) is 2.46. The molecular weight excluding hydrogens is 198 g/mol. The highest BCUT2D eigenvalue weighted by Crippen LogP contribution is 2.28. The van der Waals surface area contributed by atoms with Gasteiger partial charge in [-0.1, -0.05) is 30.3 Å². The number of hydrogen-bond acceptors (Lipinski definition) is 2. The first-order valence-corrected chi connectivity index (χ1v) is 5.78. The Balaban J connectivity index is 1.90. The summed E-state index contributed by atoms with van der Waals surface area (Å²) in [6.07, 6.45) is 2.22. The first kappa shape index (κ1) is 9.58. The summed E-state index contributed by atoms with van der Waals surface area (Å²) in [5, 5.41) is 8.34. The predicted molar refractivity (Wildman–Crippen MR) is 62.3 cm³/mol. The van der Waals surface area contributed by atoms with Crippen LogP contribution in [0.15, 0.2) is 30.3 Å². The van der Waals surface area contributed by atoms with E-state index in [2.05, 4.69) is 45.1 Å². The molecule has 82 valence electrons. The van der Waals surface area contributed by atoms with Crippen LogP contribution >= 0.6 is 0 Å². The maximum absolute atomic E-state index is 4.20. The zero-order valence-electron chi connectivity index (χ0n) is 9.43. The maximum Gasteiger partial charge on any atom is 0.133 e. The summed E-state index contributed by atoms with van der Waals surface area (Å²) < 4.78 is 2.25. The predicted octanol–water partition coefficient (Wildman–Crippen LogP) is 2.32. The third kappa shape index (κ3) is 1.52. The zero-order chi connectivity index (χ0) is 11.0. The minimum Gasteiger partial charge on any atom is -0.315 e. The second-order valence-electron chi connectivity index (χ2n) is 4.42. The lowest BCUT2D eigenvalue weighted by molar-refractivity contribution is 0.450. The van der Waals surface area contributed by atoms with Gasteiger partial charge in [0.15, 0.2) is 0 Å². The van der Waals surface area contributed by atoms with Crippen molar-refractivity contribution in [1.29, 1.82) is 0 Å².